The van der Waals surface area contributed by atoms with Crippen molar-refractivity contribution in [2.45, 2.75) is 19.9 Å². The lowest BCUT2D eigenvalue weighted by atomic mass is 9.95. The van der Waals surface area contributed by atoms with Gasteiger partial charge in [0.1, 0.15) is 0 Å². The van der Waals surface area contributed by atoms with Gasteiger partial charge in [-0.1, -0.05) is 45.7 Å². The van der Waals surface area contributed by atoms with Crippen molar-refractivity contribution in [2.24, 2.45) is 0 Å². The van der Waals surface area contributed by atoms with E-state index in [9.17, 15) is 0 Å². The molecule has 0 amide bonds. The summed E-state index contributed by atoms with van der Waals surface area (Å²) in [5.74, 6) is 0. The summed E-state index contributed by atoms with van der Waals surface area (Å²) in [7, 11) is 1.96. The largest absolute Gasteiger partial charge is 0.309 e. The quantitative estimate of drug-likeness (QED) is 0.828. The molecule has 2 aromatic rings. The molecular formula is C16H17BrClN. The van der Waals surface area contributed by atoms with Gasteiger partial charge in [-0.05, 0) is 61.3 Å². The Morgan fingerprint density at radius 1 is 1.05 bits per heavy atom. The van der Waals surface area contributed by atoms with Crippen LogP contribution in [-0.2, 0) is 0 Å². The molecule has 1 atom stereocenters. The van der Waals surface area contributed by atoms with Gasteiger partial charge in [-0.3, -0.25) is 0 Å². The molecule has 100 valence electrons. The van der Waals surface area contributed by atoms with Gasteiger partial charge >= 0.3 is 0 Å². The molecule has 0 aliphatic rings. The molecule has 19 heavy (non-hydrogen) atoms. The smallest absolute Gasteiger partial charge is 0.0589 e. The molecule has 1 N–H and O–H groups in total. The van der Waals surface area contributed by atoms with E-state index in [2.05, 4.69) is 65.4 Å². The van der Waals surface area contributed by atoms with Gasteiger partial charge in [0, 0.05) is 9.50 Å². The highest BCUT2D eigenvalue weighted by Crippen LogP contribution is 2.31. The maximum atomic E-state index is 6.41. The summed E-state index contributed by atoms with van der Waals surface area (Å²) in [6, 6.07) is 12.6. The Kier molecular flexibility index (Phi) is 4.67. The van der Waals surface area contributed by atoms with Crippen LogP contribution in [-0.4, -0.2) is 7.05 Å². The highest BCUT2D eigenvalue weighted by Gasteiger charge is 2.16. The van der Waals surface area contributed by atoms with Gasteiger partial charge in [0.2, 0.25) is 0 Å². The third kappa shape index (κ3) is 3.19. The van der Waals surface area contributed by atoms with Gasteiger partial charge in [-0.2, -0.15) is 0 Å². The molecule has 0 aliphatic carbocycles. The first-order valence-electron chi connectivity index (χ1n) is 6.22. The highest BCUT2D eigenvalue weighted by molar-refractivity contribution is 9.10. The van der Waals surface area contributed by atoms with Crippen molar-refractivity contribution in [1.82, 2.24) is 5.32 Å². The van der Waals surface area contributed by atoms with Crippen LogP contribution in [0.3, 0.4) is 0 Å². The SMILES string of the molecule is CNC(c1ccc(Br)cc1)c1cc(C)c(C)cc1Cl. The molecular weight excluding hydrogens is 322 g/mol. The number of benzene rings is 2. The van der Waals surface area contributed by atoms with E-state index in [1.807, 2.05) is 13.1 Å². The minimum atomic E-state index is 0.111. The summed E-state index contributed by atoms with van der Waals surface area (Å²) in [5.41, 5.74) is 4.81. The zero-order valence-corrected chi connectivity index (χ0v) is 13.6. The highest BCUT2D eigenvalue weighted by atomic mass is 79.9. The summed E-state index contributed by atoms with van der Waals surface area (Å²) in [6.07, 6.45) is 0. The van der Waals surface area contributed by atoms with Crippen LogP contribution in [0.4, 0.5) is 0 Å². The fraction of sp³-hybridized carbons (Fsp3) is 0.250. The number of aryl methyl sites for hydroxylation is 2. The molecule has 0 aliphatic heterocycles. The van der Waals surface area contributed by atoms with E-state index in [0.29, 0.717) is 0 Å². The molecule has 1 nitrogen and oxygen atoms in total. The Morgan fingerprint density at radius 2 is 1.63 bits per heavy atom. The molecule has 0 aromatic heterocycles. The normalized spacial score (nSPS) is 12.5. The van der Waals surface area contributed by atoms with Crippen LogP contribution in [0.25, 0.3) is 0 Å². The second-order valence-corrected chi connectivity index (χ2v) is 6.05. The first kappa shape index (κ1) is 14.6. The standard InChI is InChI=1S/C16H17BrClN/c1-10-8-14(15(18)9-11(10)2)16(19-3)12-4-6-13(17)7-5-12/h4-9,16,19H,1-3H3. The minimum Gasteiger partial charge on any atom is -0.309 e. The van der Waals surface area contributed by atoms with Crippen molar-refractivity contribution in [3.63, 3.8) is 0 Å². The van der Waals surface area contributed by atoms with E-state index in [4.69, 9.17) is 11.6 Å². The number of nitrogens with one attached hydrogen (secondary N) is 1. The number of halogens is 2. The van der Waals surface area contributed by atoms with E-state index in [-0.39, 0.29) is 6.04 Å². The molecule has 3 heteroatoms. The molecule has 0 bridgehead atoms. The lowest BCUT2D eigenvalue weighted by Gasteiger charge is -2.20. The Hall–Kier alpha value is -0.830. The van der Waals surface area contributed by atoms with Crippen molar-refractivity contribution in [3.8, 4) is 0 Å². The molecule has 0 spiro atoms. The number of rotatable bonds is 3. The average molecular weight is 339 g/mol. The fourth-order valence-electron chi connectivity index (χ4n) is 2.18. The monoisotopic (exact) mass is 337 g/mol. The molecule has 2 aromatic carbocycles. The predicted molar refractivity (Wildman–Crippen MR) is 86.0 cm³/mol. The minimum absolute atomic E-state index is 0.111. The van der Waals surface area contributed by atoms with Gasteiger partial charge in [0.05, 0.1) is 6.04 Å². The maximum absolute atomic E-state index is 6.41. The summed E-state index contributed by atoms with van der Waals surface area (Å²) in [5, 5.41) is 4.15. The van der Waals surface area contributed by atoms with E-state index < -0.39 is 0 Å². The van der Waals surface area contributed by atoms with E-state index in [0.717, 1.165) is 15.1 Å². The second kappa shape index (κ2) is 6.08. The topological polar surface area (TPSA) is 12.0 Å². The van der Waals surface area contributed by atoms with Crippen molar-refractivity contribution >= 4 is 27.5 Å². The van der Waals surface area contributed by atoms with Crippen LogP contribution >= 0.6 is 27.5 Å². The number of hydrogen-bond donors (Lipinski definition) is 1. The molecule has 0 heterocycles. The predicted octanol–water partition coefficient (Wildman–Crippen LogP) is 5.03. The molecule has 2 rings (SSSR count). The van der Waals surface area contributed by atoms with Gasteiger partial charge in [-0.25, -0.2) is 0 Å². The second-order valence-electron chi connectivity index (χ2n) is 4.73. The van der Waals surface area contributed by atoms with Crippen LogP contribution in [0.5, 0.6) is 0 Å². The third-order valence-corrected chi connectivity index (χ3v) is 4.27. The van der Waals surface area contributed by atoms with Gasteiger partial charge in [0.15, 0.2) is 0 Å². The van der Waals surface area contributed by atoms with Crippen molar-refractivity contribution in [2.75, 3.05) is 7.05 Å². The lowest BCUT2D eigenvalue weighted by molar-refractivity contribution is 0.691. The zero-order chi connectivity index (χ0) is 14.0. The Bertz CT molecular complexity index is 578. The molecule has 0 fully saturated rings. The van der Waals surface area contributed by atoms with Crippen LogP contribution in [0, 0.1) is 13.8 Å². The summed E-state index contributed by atoms with van der Waals surface area (Å²) in [4.78, 5) is 0. The molecule has 0 saturated carbocycles. The zero-order valence-electron chi connectivity index (χ0n) is 11.3. The number of hydrogen-bond acceptors (Lipinski definition) is 1. The van der Waals surface area contributed by atoms with Crippen LogP contribution in [0.15, 0.2) is 40.9 Å². The van der Waals surface area contributed by atoms with Gasteiger partial charge in [-0.15, -0.1) is 0 Å². The van der Waals surface area contributed by atoms with E-state index in [1.165, 1.54) is 16.7 Å². The average Bonchev–Trinajstić information content (AvgIpc) is 2.38. The van der Waals surface area contributed by atoms with Gasteiger partial charge in [0.25, 0.3) is 0 Å². The molecule has 0 saturated heterocycles. The first-order chi connectivity index (χ1) is 9.02. The van der Waals surface area contributed by atoms with Crippen LogP contribution in [0.1, 0.15) is 28.3 Å². The fourth-order valence-corrected chi connectivity index (χ4v) is 2.77. The summed E-state index contributed by atoms with van der Waals surface area (Å²) >= 11 is 9.87. The van der Waals surface area contributed by atoms with Crippen LogP contribution < -0.4 is 5.32 Å². The first-order valence-corrected chi connectivity index (χ1v) is 7.39. The van der Waals surface area contributed by atoms with Crippen LogP contribution in [0.2, 0.25) is 5.02 Å². The van der Waals surface area contributed by atoms with E-state index >= 15 is 0 Å². The maximum Gasteiger partial charge on any atom is 0.0589 e. The molecule has 0 radical (unpaired) electrons. The Balaban J connectivity index is 2.47. The Labute approximate surface area is 128 Å². The van der Waals surface area contributed by atoms with Crippen molar-refractivity contribution in [1.29, 1.82) is 0 Å². The third-order valence-electron chi connectivity index (χ3n) is 3.42. The van der Waals surface area contributed by atoms with E-state index in [1.54, 1.807) is 0 Å². The van der Waals surface area contributed by atoms with Gasteiger partial charge < -0.3 is 5.32 Å². The lowest BCUT2D eigenvalue weighted by Crippen LogP contribution is -2.18. The summed E-state index contributed by atoms with van der Waals surface area (Å²) in [6.45, 7) is 4.20. The van der Waals surface area contributed by atoms with Crippen molar-refractivity contribution < 1.29 is 0 Å². The summed E-state index contributed by atoms with van der Waals surface area (Å²) < 4.78 is 1.08. The Morgan fingerprint density at radius 3 is 2.21 bits per heavy atom. The molecule has 1 unspecified atom stereocenters. The van der Waals surface area contributed by atoms with Crippen molar-refractivity contribution in [3.05, 3.63) is 68.1 Å².